The lowest BCUT2D eigenvalue weighted by molar-refractivity contribution is -0.0256. The number of amides is 1. The molecule has 6 heteroatoms. The molecule has 6 nitrogen and oxygen atoms in total. The van der Waals surface area contributed by atoms with Crippen molar-refractivity contribution in [3.63, 3.8) is 0 Å². The Kier molecular flexibility index (Phi) is 5.39. The lowest BCUT2D eigenvalue weighted by Crippen LogP contribution is -2.45. The number of aryl methyl sites for hydroxylation is 3. The van der Waals surface area contributed by atoms with Crippen molar-refractivity contribution in [1.82, 2.24) is 19.5 Å². The van der Waals surface area contributed by atoms with Gasteiger partial charge in [-0.25, -0.2) is 9.50 Å². The van der Waals surface area contributed by atoms with Gasteiger partial charge in [-0.2, -0.15) is 5.10 Å². The summed E-state index contributed by atoms with van der Waals surface area (Å²) in [6, 6.07) is 14.2. The highest BCUT2D eigenvalue weighted by Gasteiger charge is 2.26. The first-order valence-corrected chi connectivity index (χ1v) is 9.89. The Morgan fingerprint density at radius 3 is 2.86 bits per heavy atom. The standard InChI is InChI=1S/C22H26N4O2/c1-16-13-17(2)26-21(23-16)14-20(24-26)22(27)25-11-12-28-19(15-25)10-6-9-18-7-4-3-5-8-18/h3-5,7-8,13-14,19H,6,9-12,15H2,1-2H3/t19-/m1/s1. The monoisotopic (exact) mass is 378 g/mol. The molecule has 0 saturated carbocycles. The Balaban J connectivity index is 1.38. The summed E-state index contributed by atoms with van der Waals surface area (Å²) in [5.74, 6) is -0.0427. The van der Waals surface area contributed by atoms with E-state index >= 15 is 0 Å². The van der Waals surface area contributed by atoms with Gasteiger partial charge in [0.2, 0.25) is 0 Å². The zero-order valence-corrected chi connectivity index (χ0v) is 16.5. The van der Waals surface area contributed by atoms with E-state index in [-0.39, 0.29) is 12.0 Å². The molecule has 146 valence electrons. The molecule has 4 rings (SSSR count). The maximum atomic E-state index is 13.0. The van der Waals surface area contributed by atoms with E-state index in [2.05, 4.69) is 34.3 Å². The second-order valence-corrected chi connectivity index (χ2v) is 7.46. The van der Waals surface area contributed by atoms with Crippen molar-refractivity contribution in [3.05, 3.63) is 65.1 Å². The molecular formula is C22H26N4O2. The molecule has 1 atom stereocenters. The molecule has 0 N–H and O–H groups in total. The fraction of sp³-hybridized carbons (Fsp3) is 0.409. The summed E-state index contributed by atoms with van der Waals surface area (Å²) < 4.78 is 7.63. The number of carbonyl (C=O) groups is 1. The molecule has 3 aromatic rings. The van der Waals surface area contributed by atoms with Gasteiger partial charge in [-0.15, -0.1) is 0 Å². The molecule has 2 aromatic heterocycles. The van der Waals surface area contributed by atoms with E-state index in [1.165, 1.54) is 5.56 Å². The van der Waals surface area contributed by atoms with Gasteiger partial charge in [0.15, 0.2) is 11.3 Å². The number of nitrogens with zero attached hydrogens (tertiary/aromatic N) is 4. The molecule has 1 amide bonds. The number of hydrogen-bond acceptors (Lipinski definition) is 4. The zero-order valence-electron chi connectivity index (χ0n) is 16.5. The lowest BCUT2D eigenvalue weighted by atomic mass is 10.0. The fourth-order valence-corrected chi connectivity index (χ4v) is 3.81. The van der Waals surface area contributed by atoms with Crippen molar-refractivity contribution in [1.29, 1.82) is 0 Å². The van der Waals surface area contributed by atoms with Gasteiger partial charge in [0.05, 0.1) is 12.7 Å². The first-order chi connectivity index (χ1) is 13.6. The summed E-state index contributed by atoms with van der Waals surface area (Å²) in [5.41, 5.74) is 4.41. The minimum Gasteiger partial charge on any atom is -0.375 e. The van der Waals surface area contributed by atoms with Crippen LogP contribution in [0, 0.1) is 13.8 Å². The van der Waals surface area contributed by atoms with Gasteiger partial charge in [-0.05, 0) is 44.7 Å². The third-order valence-corrected chi connectivity index (χ3v) is 5.21. The molecule has 1 fully saturated rings. The van der Waals surface area contributed by atoms with E-state index in [9.17, 15) is 4.79 Å². The summed E-state index contributed by atoms with van der Waals surface area (Å²) in [4.78, 5) is 19.3. The van der Waals surface area contributed by atoms with Crippen LogP contribution in [-0.4, -0.2) is 51.2 Å². The topological polar surface area (TPSA) is 59.7 Å². The number of hydrogen-bond donors (Lipinski definition) is 0. The van der Waals surface area contributed by atoms with E-state index in [1.807, 2.05) is 30.9 Å². The van der Waals surface area contributed by atoms with Crippen LogP contribution in [0.2, 0.25) is 0 Å². The second kappa shape index (κ2) is 8.10. The van der Waals surface area contributed by atoms with Crippen molar-refractivity contribution in [3.8, 4) is 0 Å². The Hall–Kier alpha value is -2.73. The predicted molar refractivity (Wildman–Crippen MR) is 107 cm³/mol. The molecule has 1 aliphatic heterocycles. The number of fused-ring (bicyclic) bond motifs is 1. The van der Waals surface area contributed by atoms with Crippen LogP contribution in [0.1, 0.15) is 40.3 Å². The first kappa shape index (κ1) is 18.6. The molecule has 0 spiro atoms. The van der Waals surface area contributed by atoms with Crippen molar-refractivity contribution >= 4 is 11.6 Å². The van der Waals surface area contributed by atoms with Crippen LogP contribution in [0.3, 0.4) is 0 Å². The maximum Gasteiger partial charge on any atom is 0.274 e. The molecule has 0 aliphatic carbocycles. The summed E-state index contributed by atoms with van der Waals surface area (Å²) in [6.45, 7) is 5.72. The van der Waals surface area contributed by atoms with Gasteiger partial charge in [0.1, 0.15) is 0 Å². The third-order valence-electron chi connectivity index (χ3n) is 5.21. The number of carbonyl (C=O) groups excluding carboxylic acids is 1. The summed E-state index contributed by atoms with van der Waals surface area (Å²) in [5, 5.41) is 4.48. The van der Waals surface area contributed by atoms with Crippen LogP contribution in [0.5, 0.6) is 0 Å². The van der Waals surface area contributed by atoms with Gasteiger partial charge < -0.3 is 9.64 Å². The number of morpholine rings is 1. The highest BCUT2D eigenvalue weighted by molar-refractivity contribution is 5.93. The molecule has 28 heavy (non-hydrogen) atoms. The molecule has 0 bridgehead atoms. The SMILES string of the molecule is Cc1cc(C)n2nc(C(=O)N3CCO[C@H](CCCc4ccccc4)C3)cc2n1. The lowest BCUT2D eigenvalue weighted by Gasteiger charge is -2.32. The van der Waals surface area contributed by atoms with Crippen molar-refractivity contribution in [2.24, 2.45) is 0 Å². The highest BCUT2D eigenvalue weighted by Crippen LogP contribution is 2.16. The Bertz CT molecular complexity index is 967. The minimum atomic E-state index is -0.0427. The smallest absolute Gasteiger partial charge is 0.274 e. The third kappa shape index (κ3) is 4.07. The average molecular weight is 378 g/mol. The van der Waals surface area contributed by atoms with E-state index in [1.54, 1.807) is 10.6 Å². The van der Waals surface area contributed by atoms with Gasteiger partial charge in [0.25, 0.3) is 5.91 Å². The molecule has 1 aromatic carbocycles. The van der Waals surface area contributed by atoms with Gasteiger partial charge in [-0.3, -0.25) is 4.79 Å². The molecule has 1 saturated heterocycles. The van der Waals surface area contributed by atoms with Gasteiger partial charge >= 0.3 is 0 Å². The second-order valence-electron chi connectivity index (χ2n) is 7.46. The Morgan fingerprint density at radius 1 is 1.21 bits per heavy atom. The van der Waals surface area contributed by atoms with E-state index in [0.717, 1.165) is 30.7 Å². The summed E-state index contributed by atoms with van der Waals surface area (Å²) in [6.07, 6.45) is 3.11. The molecule has 3 heterocycles. The van der Waals surface area contributed by atoms with E-state index in [4.69, 9.17) is 4.74 Å². The fourth-order valence-electron chi connectivity index (χ4n) is 3.81. The largest absolute Gasteiger partial charge is 0.375 e. The quantitative estimate of drug-likeness (QED) is 0.684. The number of aromatic nitrogens is 3. The van der Waals surface area contributed by atoms with Gasteiger partial charge in [-0.1, -0.05) is 30.3 Å². The van der Waals surface area contributed by atoms with Crippen LogP contribution >= 0.6 is 0 Å². The number of rotatable bonds is 5. The van der Waals surface area contributed by atoms with Crippen molar-refractivity contribution in [2.75, 3.05) is 19.7 Å². The molecule has 0 radical (unpaired) electrons. The zero-order chi connectivity index (χ0) is 19.5. The molecule has 0 unspecified atom stereocenters. The predicted octanol–water partition coefficient (Wildman–Crippen LogP) is 3.21. The summed E-state index contributed by atoms with van der Waals surface area (Å²) >= 11 is 0. The molecule has 1 aliphatic rings. The highest BCUT2D eigenvalue weighted by atomic mass is 16.5. The minimum absolute atomic E-state index is 0.0427. The first-order valence-electron chi connectivity index (χ1n) is 9.89. The van der Waals surface area contributed by atoms with Crippen LogP contribution in [0.4, 0.5) is 0 Å². The summed E-state index contributed by atoms with van der Waals surface area (Å²) in [7, 11) is 0. The van der Waals surface area contributed by atoms with E-state index in [0.29, 0.717) is 31.0 Å². The van der Waals surface area contributed by atoms with Crippen LogP contribution in [0.15, 0.2) is 42.5 Å². The van der Waals surface area contributed by atoms with Crippen LogP contribution in [-0.2, 0) is 11.2 Å². The Labute approximate surface area is 165 Å². The van der Waals surface area contributed by atoms with Crippen molar-refractivity contribution < 1.29 is 9.53 Å². The van der Waals surface area contributed by atoms with Crippen LogP contribution < -0.4 is 0 Å². The number of ether oxygens (including phenoxy) is 1. The van der Waals surface area contributed by atoms with Crippen LogP contribution in [0.25, 0.3) is 5.65 Å². The normalized spacial score (nSPS) is 17.2. The molecular weight excluding hydrogens is 352 g/mol. The van der Waals surface area contributed by atoms with E-state index < -0.39 is 0 Å². The van der Waals surface area contributed by atoms with Gasteiger partial charge in [0, 0.05) is 30.5 Å². The number of benzene rings is 1. The maximum absolute atomic E-state index is 13.0. The van der Waals surface area contributed by atoms with Crippen molar-refractivity contribution in [2.45, 2.75) is 39.2 Å². The Morgan fingerprint density at radius 2 is 2.04 bits per heavy atom. The average Bonchev–Trinajstić information content (AvgIpc) is 3.13.